The number of halogens is 6. The maximum absolute atomic E-state index is 12.8. The van der Waals surface area contributed by atoms with Crippen molar-refractivity contribution < 1.29 is 31.1 Å². The van der Waals surface area contributed by atoms with Gasteiger partial charge in [-0.1, -0.05) is 29.8 Å². The third-order valence-corrected chi connectivity index (χ3v) is 2.74. The lowest BCUT2D eigenvalue weighted by atomic mass is 10.1. The molecule has 0 radical (unpaired) electrons. The summed E-state index contributed by atoms with van der Waals surface area (Å²) in [5.74, 6) is -1.31. The van der Waals surface area contributed by atoms with Gasteiger partial charge in [-0.15, -0.1) is 0 Å². The van der Waals surface area contributed by atoms with Gasteiger partial charge in [-0.2, -0.15) is 31.3 Å². The molecule has 0 amide bonds. The molecule has 0 saturated heterocycles. The molecule has 0 aliphatic carbocycles. The molecule has 0 atom stereocenters. The van der Waals surface area contributed by atoms with E-state index < -0.39 is 30.4 Å². The minimum atomic E-state index is -4.92. The van der Waals surface area contributed by atoms with Gasteiger partial charge < -0.3 is 4.74 Å². The van der Waals surface area contributed by atoms with Crippen molar-refractivity contribution in [1.29, 1.82) is 0 Å². The summed E-state index contributed by atoms with van der Waals surface area (Å²) in [7, 11) is 0. The van der Waals surface area contributed by atoms with Crippen molar-refractivity contribution in [2.24, 2.45) is 0 Å². The summed E-state index contributed by atoms with van der Waals surface area (Å²) >= 11 is 0. The first kappa shape index (κ1) is 17.0. The normalized spacial score (nSPS) is 12.3. The Balaban J connectivity index is 2.42. The van der Waals surface area contributed by atoms with Crippen LogP contribution in [0.3, 0.4) is 0 Å². The SMILES string of the molecule is Cc1ccc(-c2ncc(C(F)(F)F)c(OCC(F)(F)F)n2)cc1. The molecule has 0 fully saturated rings. The van der Waals surface area contributed by atoms with E-state index in [1.807, 2.05) is 0 Å². The van der Waals surface area contributed by atoms with Crippen molar-refractivity contribution in [3.05, 3.63) is 41.6 Å². The number of aryl methyl sites for hydroxylation is 1. The largest absolute Gasteiger partial charge is 0.467 e. The summed E-state index contributed by atoms with van der Waals surface area (Å²) in [5, 5.41) is 0. The topological polar surface area (TPSA) is 35.0 Å². The average Bonchev–Trinajstić information content (AvgIpc) is 2.44. The van der Waals surface area contributed by atoms with Gasteiger partial charge in [0.25, 0.3) is 0 Å². The van der Waals surface area contributed by atoms with E-state index >= 15 is 0 Å². The van der Waals surface area contributed by atoms with E-state index in [-0.39, 0.29) is 5.82 Å². The first-order valence-corrected chi connectivity index (χ1v) is 6.27. The zero-order valence-electron chi connectivity index (χ0n) is 11.7. The van der Waals surface area contributed by atoms with Crippen molar-refractivity contribution in [2.45, 2.75) is 19.3 Å². The molecule has 0 spiro atoms. The summed E-state index contributed by atoms with van der Waals surface area (Å²) < 4.78 is 79.2. The molecule has 0 unspecified atom stereocenters. The van der Waals surface area contributed by atoms with E-state index in [2.05, 4.69) is 14.7 Å². The number of nitrogens with zero attached hydrogens (tertiary/aromatic N) is 2. The summed E-state index contributed by atoms with van der Waals surface area (Å²) in [6, 6.07) is 6.44. The first-order chi connectivity index (χ1) is 10.6. The number of alkyl halides is 6. The maximum atomic E-state index is 12.8. The molecule has 0 bridgehead atoms. The lowest BCUT2D eigenvalue weighted by molar-refractivity contribution is -0.159. The number of rotatable bonds is 3. The van der Waals surface area contributed by atoms with Gasteiger partial charge in [-0.05, 0) is 6.92 Å². The second-order valence-electron chi connectivity index (χ2n) is 4.68. The van der Waals surface area contributed by atoms with Crippen LogP contribution in [0.5, 0.6) is 5.88 Å². The molecule has 0 saturated carbocycles. The highest BCUT2D eigenvalue weighted by atomic mass is 19.4. The fourth-order valence-corrected chi connectivity index (χ4v) is 1.66. The Morgan fingerprint density at radius 1 is 1.00 bits per heavy atom. The van der Waals surface area contributed by atoms with Crippen LogP contribution >= 0.6 is 0 Å². The molecular formula is C14H10F6N2O. The monoisotopic (exact) mass is 336 g/mol. The van der Waals surface area contributed by atoms with Gasteiger partial charge in [-0.25, -0.2) is 4.98 Å². The zero-order valence-corrected chi connectivity index (χ0v) is 11.7. The van der Waals surface area contributed by atoms with E-state index in [9.17, 15) is 26.3 Å². The van der Waals surface area contributed by atoms with Gasteiger partial charge in [0.2, 0.25) is 5.88 Å². The first-order valence-electron chi connectivity index (χ1n) is 6.27. The van der Waals surface area contributed by atoms with Crippen LogP contribution in [0.2, 0.25) is 0 Å². The van der Waals surface area contributed by atoms with E-state index in [1.54, 1.807) is 31.2 Å². The number of hydrogen-bond acceptors (Lipinski definition) is 3. The Morgan fingerprint density at radius 2 is 1.61 bits per heavy atom. The highest BCUT2D eigenvalue weighted by molar-refractivity contribution is 5.56. The molecule has 0 aliphatic rings. The van der Waals surface area contributed by atoms with Crippen LogP contribution in [0.1, 0.15) is 11.1 Å². The third-order valence-electron chi connectivity index (χ3n) is 2.74. The predicted molar refractivity (Wildman–Crippen MR) is 68.8 cm³/mol. The molecule has 124 valence electrons. The van der Waals surface area contributed by atoms with Crippen LogP contribution in [0.15, 0.2) is 30.5 Å². The number of hydrogen-bond donors (Lipinski definition) is 0. The lowest BCUT2D eigenvalue weighted by Crippen LogP contribution is -2.21. The molecule has 23 heavy (non-hydrogen) atoms. The number of aromatic nitrogens is 2. The Kier molecular flexibility index (Phi) is 4.49. The van der Waals surface area contributed by atoms with Crippen LogP contribution in [-0.2, 0) is 6.18 Å². The molecule has 2 rings (SSSR count). The smallest absolute Gasteiger partial charge is 0.423 e. The lowest BCUT2D eigenvalue weighted by Gasteiger charge is -2.14. The summed E-state index contributed by atoms with van der Waals surface area (Å²) in [4.78, 5) is 7.05. The van der Waals surface area contributed by atoms with Crippen molar-refractivity contribution in [1.82, 2.24) is 9.97 Å². The molecule has 0 aliphatic heterocycles. The van der Waals surface area contributed by atoms with Crippen LogP contribution in [0.25, 0.3) is 11.4 Å². The fraction of sp³-hybridized carbons (Fsp3) is 0.286. The van der Waals surface area contributed by atoms with E-state index in [1.165, 1.54) is 0 Å². The summed E-state index contributed by atoms with van der Waals surface area (Å²) in [6.45, 7) is -0.0737. The Hall–Kier alpha value is -2.32. The van der Waals surface area contributed by atoms with Gasteiger partial charge >= 0.3 is 12.4 Å². The van der Waals surface area contributed by atoms with Crippen LogP contribution in [0.4, 0.5) is 26.3 Å². The Bertz CT molecular complexity index is 679. The average molecular weight is 336 g/mol. The quantitative estimate of drug-likeness (QED) is 0.779. The van der Waals surface area contributed by atoms with Gasteiger partial charge in [-0.3, -0.25) is 0 Å². The Labute approximate surface area is 126 Å². The molecular weight excluding hydrogens is 326 g/mol. The standard InChI is InChI=1S/C14H10F6N2O/c1-8-2-4-9(5-3-8)11-21-6-10(14(18,19)20)12(22-11)23-7-13(15,16)17/h2-6H,7H2,1H3. The van der Waals surface area contributed by atoms with Crippen molar-refractivity contribution in [3.8, 4) is 17.3 Å². The van der Waals surface area contributed by atoms with E-state index in [4.69, 9.17) is 0 Å². The molecule has 2 aromatic rings. The van der Waals surface area contributed by atoms with Crippen molar-refractivity contribution >= 4 is 0 Å². The highest BCUT2D eigenvalue weighted by Crippen LogP contribution is 2.36. The zero-order chi connectivity index (χ0) is 17.3. The summed E-state index contributed by atoms with van der Waals surface area (Å²) in [6.07, 6.45) is -9.29. The van der Waals surface area contributed by atoms with Crippen LogP contribution in [0, 0.1) is 6.92 Å². The van der Waals surface area contributed by atoms with E-state index in [0.29, 0.717) is 11.8 Å². The molecule has 1 aromatic carbocycles. The highest BCUT2D eigenvalue weighted by Gasteiger charge is 2.38. The van der Waals surface area contributed by atoms with Crippen LogP contribution < -0.4 is 4.74 Å². The Morgan fingerprint density at radius 3 is 2.13 bits per heavy atom. The minimum Gasteiger partial charge on any atom is -0.467 e. The minimum absolute atomic E-state index is 0.157. The third kappa shape index (κ3) is 4.57. The molecule has 9 heteroatoms. The van der Waals surface area contributed by atoms with Crippen molar-refractivity contribution in [2.75, 3.05) is 6.61 Å². The molecule has 0 N–H and O–H groups in total. The molecule has 3 nitrogen and oxygen atoms in total. The fourth-order valence-electron chi connectivity index (χ4n) is 1.66. The second kappa shape index (κ2) is 6.05. The summed E-state index contributed by atoms with van der Waals surface area (Å²) in [5.41, 5.74) is -0.201. The van der Waals surface area contributed by atoms with E-state index in [0.717, 1.165) is 5.56 Å². The molecule has 1 aromatic heterocycles. The molecule has 1 heterocycles. The van der Waals surface area contributed by atoms with Gasteiger partial charge in [0.15, 0.2) is 12.4 Å². The number of ether oxygens (including phenoxy) is 1. The van der Waals surface area contributed by atoms with Gasteiger partial charge in [0, 0.05) is 11.8 Å². The van der Waals surface area contributed by atoms with Crippen molar-refractivity contribution in [3.63, 3.8) is 0 Å². The maximum Gasteiger partial charge on any atom is 0.423 e. The van der Waals surface area contributed by atoms with Gasteiger partial charge in [0.1, 0.15) is 5.56 Å². The predicted octanol–water partition coefficient (Wildman–Crippen LogP) is 4.41. The van der Waals surface area contributed by atoms with Crippen LogP contribution in [-0.4, -0.2) is 22.8 Å². The number of benzene rings is 1. The second-order valence-corrected chi connectivity index (χ2v) is 4.68. The van der Waals surface area contributed by atoms with Gasteiger partial charge in [0.05, 0.1) is 0 Å².